The Labute approximate surface area is 145 Å². The Morgan fingerprint density at radius 3 is 2.57 bits per heavy atom. The minimum absolute atomic E-state index is 0.133. The van der Waals surface area contributed by atoms with Gasteiger partial charge in [0.1, 0.15) is 12.1 Å². The van der Waals surface area contributed by atoms with Gasteiger partial charge in [0.25, 0.3) is 5.91 Å². The van der Waals surface area contributed by atoms with Crippen LogP contribution in [0.2, 0.25) is 10.0 Å². The summed E-state index contributed by atoms with van der Waals surface area (Å²) < 4.78 is 0. The molecule has 0 aromatic heterocycles. The van der Waals surface area contributed by atoms with Crippen molar-refractivity contribution in [1.82, 2.24) is 0 Å². The van der Waals surface area contributed by atoms with E-state index in [9.17, 15) is 4.79 Å². The molecule has 0 aliphatic heterocycles. The largest absolute Gasteiger partial charge is 0.333 e. The van der Waals surface area contributed by atoms with Crippen LogP contribution in [0, 0.1) is 11.3 Å². The van der Waals surface area contributed by atoms with E-state index in [1.54, 1.807) is 18.2 Å². The van der Waals surface area contributed by atoms with Crippen molar-refractivity contribution in [2.75, 3.05) is 11.9 Å². The fraction of sp³-hybridized carbons (Fsp3) is 0.176. The summed E-state index contributed by atoms with van der Waals surface area (Å²) in [5.41, 5.74) is 2.06. The van der Waals surface area contributed by atoms with Crippen molar-refractivity contribution in [3.8, 4) is 6.07 Å². The zero-order valence-electron chi connectivity index (χ0n) is 12.5. The second-order valence-corrected chi connectivity index (χ2v) is 5.98. The lowest BCUT2D eigenvalue weighted by Gasteiger charge is -2.11. The van der Waals surface area contributed by atoms with Crippen LogP contribution in [-0.2, 0) is 4.79 Å². The van der Waals surface area contributed by atoms with Crippen molar-refractivity contribution in [1.29, 1.82) is 5.26 Å². The van der Waals surface area contributed by atoms with Gasteiger partial charge < -0.3 is 10.6 Å². The SMILES string of the molecule is C[C@H]([NH2+]CC(=O)Nc1ccc(C#N)c(Cl)c1)c1ccc(Cl)cc1. The number of nitrogens with two attached hydrogens (primary N) is 1. The molecule has 6 heteroatoms. The fourth-order valence-corrected chi connectivity index (χ4v) is 2.43. The standard InChI is InChI=1S/C17H15Cl2N3O/c1-11(12-2-5-14(18)6-3-12)21-10-17(23)22-15-7-4-13(9-20)16(19)8-15/h2-8,11,21H,10H2,1H3,(H,22,23)/p+1/t11-/m0/s1. The molecule has 3 N–H and O–H groups in total. The second-order valence-electron chi connectivity index (χ2n) is 5.13. The molecule has 2 rings (SSSR count). The molecule has 0 spiro atoms. The number of nitrogens with zero attached hydrogens (tertiary/aromatic N) is 1. The van der Waals surface area contributed by atoms with Crippen LogP contribution in [0.3, 0.4) is 0 Å². The van der Waals surface area contributed by atoms with Crippen molar-refractivity contribution in [3.05, 3.63) is 63.6 Å². The molecule has 0 aliphatic rings. The summed E-state index contributed by atoms with van der Waals surface area (Å²) in [7, 11) is 0. The lowest BCUT2D eigenvalue weighted by Crippen LogP contribution is -2.86. The van der Waals surface area contributed by atoms with Crippen LogP contribution in [0.25, 0.3) is 0 Å². The first-order valence-corrected chi connectivity index (χ1v) is 7.83. The summed E-state index contributed by atoms with van der Waals surface area (Å²) in [5, 5.41) is 14.5. The third-order valence-corrected chi connectivity index (χ3v) is 3.99. The van der Waals surface area contributed by atoms with E-state index in [-0.39, 0.29) is 18.5 Å². The second kappa shape index (κ2) is 7.98. The third kappa shape index (κ3) is 4.97. The molecular weight excluding hydrogens is 333 g/mol. The number of nitriles is 1. The number of carbonyl (C=O) groups excluding carboxylic acids is 1. The molecule has 0 saturated carbocycles. The third-order valence-electron chi connectivity index (χ3n) is 3.43. The molecule has 23 heavy (non-hydrogen) atoms. The van der Waals surface area contributed by atoms with Crippen molar-refractivity contribution < 1.29 is 10.1 Å². The molecule has 2 aromatic carbocycles. The zero-order valence-corrected chi connectivity index (χ0v) is 14.0. The Balaban J connectivity index is 1.89. The minimum Gasteiger partial charge on any atom is -0.333 e. The molecule has 0 saturated heterocycles. The van der Waals surface area contributed by atoms with Gasteiger partial charge in [0, 0.05) is 16.3 Å². The van der Waals surface area contributed by atoms with Crippen molar-refractivity contribution in [3.63, 3.8) is 0 Å². The predicted molar refractivity (Wildman–Crippen MR) is 91.5 cm³/mol. The summed E-state index contributed by atoms with van der Waals surface area (Å²) in [6, 6.07) is 14.5. The van der Waals surface area contributed by atoms with E-state index >= 15 is 0 Å². The van der Waals surface area contributed by atoms with Gasteiger partial charge in [-0.2, -0.15) is 5.26 Å². The number of hydrogen-bond donors (Lipinski definition) is 2. The molecule has 0 heterocycles. The zero-order chi connectivity index (χ0) is 16.8. The number of nitrogens with one attached hydrogen (secondary N) is 1. The van der Waals surface area contributed by atoms with Gasteiger partial charge in [0.15, 0.2) is 6.54 Å². The van der Waals surface area contributed by atoms with Gasteiger partial charge in [-0.25, -0.2) is 0 Å². The van der Waals surface area contributed by atoms with Gasteiger partial charge in [-0.1, -0.05) is 35.3 Å². The lowest BCUT2D eigenvalue weighted by molar-refractivity contribution is -0.682. The smallest absolute Gasteiger partial charge is 0.279 e. The van der Waals surface area contributed by atoms with Gasteiger partial charge in [0.2, 0.25) is 0 Å². The quantitative estimate of drug-likeness (QED) is 0.871. The summed E-state index contributed by atoms with van der Waals surface area (Å²) in [5.74, 6) is -0.133. The molecule has 118 valence electrons. The van der Waals surface area contributed by atoms with E-state index < -0.39 is 0 Å². The topological polar surface area (TPSA) is 69.5 Å². The van der Waals surface area contributed by atoms with Gasteiger partial charge in [-0.15, -0.1) is 0 Å². The van der Waals surface area contributed by atoms with Crippen LogP contribution in [0.1, 0.15) is 24.1 Å². The maximum atomic E-state index is 12.0. The first-order chi connectivity index (χ1) is 11.0. The van der Waals surface area contributed by atoms with E-state index in [0.29, 0.717) is 21.3 Å². The van der Waals surface area contributed by atoms with Crippen molar-refractivity contribution >= 4 is 34.8 Å². The van der Waals surface area contributed by atoms with Crippen LogP contribution in [0.4, 0.5) is 5.69 Å². The molecule has 4 nitrogen and oxygen atoms in total. The number of hydrogen-bond acceptors (Lipinski definition) is 2. The number of carbonyl (C=O) groups is 1. The first kappa shape index (κ1) is 17.3. The minimum atomic E-state index is -0.133. The summed E-state index contributed by atoms with van der Waals surface area (Å²) in [6.07, 6.45) is 0. The van der Waals surface area contributed by atoms with E-state index in [2.05, 4.69) is 5.32 Å². The van der Waals surface area contributed by atoms with E-state index in [4.69, 9.17) is 28.5 Å². The lowest BCUT2D eigenvalue weighted by atomic mass is 10.1. The average molecular weight is 349 g/mol. The van der Waals surface area contributed by atoms with Crippen LogP contribution in [-0.4, -0.2) is 12.5 Å². The van der Waals surface area contributed by atoms with Crippen LogP contribution in [0.5, 0.6) is 0 Å². The summed E-state index contributed by atoms with van der Waals surface area (Å²) in [6.45, 7) is 2.30. The van der Waals surface area contributed by atoms with Crippen molar-refractivity contribution in [2.45, 2.75) is 13.0 Å². The summed E-state index contributed by atoms with van der Waals surface area (Å²) >= 11 is 11.8. The van der Waals surface area contributed by atoms with Gasteiger partial charge >= 0.3 is 0 Å². The molecule has 1 atom stereocenters. The number of halogens is 2. The average Bonchev–Trinajstić information content (AvgIpc) is 2.53. The Kier molecular flexibility index (Phi) is 6.00. The van der Waals surface area contributed by atoms with E-state index in [1.165, 1.54) is 0 Å². The highest BCUT2D eigenvalue weighted by Gasteiger charge is 2.12. The number of amides is 1. The van der Waals surface area contributed by atoms with Crippen LogP contribution >= 0.6 is 23.2 Å². The number of quaternary nitrogens is 1. The highest BCUT2D eigenvalue weighted by molar-refractivity contribution is 6.32. The van der Waals surface area contributed by atoms with Crippen LogP contribution < -0.4 is 10.6 Å². The summed E-state index contributed by atoms with van der Waals surface area (Å²) in [4.78, 5) is 12.0. The van der Waals surface area contributed by atoms with Crippen LogP contribution in [0.15, 0.2) is 42.5 Å². The number of rotatable bonds is 5. The molecule has 0 unspecified atom stereocenters. The highest BCUT2D eigenvalue weighted by Crippen LogP contribution is 2.20. The Bertz CT molecular complexity index is 738. The maximum absolute atomic E-state index is 12.0. The molecule has 0 fully saturated rings. The fourth-order valence-electron chi connectivity index (χ4n) is 2.08. The Hall–Kier alpha value is -2.06. The van der Waals surface area contributed by atoms with Gasteiger partial charge in [0.05, 0.1) is 10.6 Å². The molecular formula is C17H16Cl2N3O+. The monoisotopic (exact) mass is 348 g/mol. The highest BCUT2D eigenvalue weighted by atomic mass is 35.5. The Morgan fingerprint density at radius 2 is 1.96 bits per heavy atom. The molecule has 1 amide bonds. The number of benzene rings is 2. The predicted octanol–water partition coefficient (Wildman–Crippen LogP) is 3.13. The Morgan fingerprint density at radius 1 is 1.26 bits per heavy atom. The molecule has 0 aliphatic carbocycles. The first-order valence-electron chi connectivity index (χ1n) is 7.08. The van der Waals surface area contributed by atoms with E-state index in [0.717, 1.165) is 5.56 Å². The molecule has 0 radical (unpaired) electrons. The molecule has 0 bridgehead atoms. The number of anilines is 1. The maximum Gasteiger partial charge on any atom is 0.279 e. The molecule has 2 aromatic rings. The normalized spacial score (nSPS) is 11.6. The van der Waals surface area contributed by atoms with Crippen molar-refractivity contribution in [2.24, 2.45) is 0 Å². The van der Waals surface area contributed by atoms with Gasteiger partial charge in [-0.3, -0.25) is 4.79 Å². The van der Waals surface area contributed by atoms with E-state index in [1.807, 2.05) is 42.6 Å². The van der Waals surface area contributed by atoms with Gasteiger partial charge in [-0.05, 0) is 37.3 Å².